The van der Waals surface area contributed by atoms with E-state index in [1.165, 1.54) is 12.1 Å². The largest absolute Gasteiger partial charge is 0.416 e. The van der Waals surface area contributed by atoms with Crippen LogP contribution < -0.4 is 10.6 Å². The molecule has 196 valence electrons. The summed E-state index contributed by atoms with van der Waals surface area (Å²) in [4.78, 5) is 14.3. The Kier molecular flexibility index (Phi) is 6.28. The SMILES string of the molecule is Cc1nnc2n1-c1sc3c(c1[C@H](c1ccccc1Cl)NC2)C[C@H](C(=O)NCc1ccc(C(F)(F)F)cc1)C3. The summed E-state index contributed by atoms with van der Waals surface area (Å²) in [6, 6.07) is 12.4. The molecule has 4 aromatic rings. The van der Waals surface area contributed by atoms with Crippen LogP contribution in [0.25, 0.3) is 5.00 Å². The Morgan fingerprint density at radius 3 is 2.66 bits per heavy atom. The van der Waals surface area contributed by atoms with Crippen molar-refractivity contribution in [3.63, 3.8) is 0 Å². The van der Waals surface area contributed by atoms with E-state index in [0.717, 1.165) is 50.4 Å². The first kappa shape index (κ1) is 25.1. The highest BCUT2D eigenvalue weighted by Gasteiger charge is 2.38. The Hall–Kier alpha value is -3.21. The highest BCUT2D eigenvalue weighted by molar-refractivity contribution is 7.15. The van der Waals surface area contributed by atoms with Crippen LogP contribution in [-0.4, -0.2) is 20.7 Å². The number of benzene rings is 2. The number of carbonyl (C=O) groups excluding carboxylic acids is 1. The lowest BCUT2D eigenvalue weighted by atomic mass is 9.94. The van der Waals surface area contributed by atoms with Gasteiger partial charge >= 0.3 is 6.18 Å². The molecule has 0 unspecified atom stereocenters. The first-order valence-corrected chi connectivity index (χ1v) is 13.4. The molecule has 2 atom stereocenters. The maximum absolute atomic E-state index is 13.1. The number of halogens is 4. The highest BCUT2D eigenvalue weighted by atomic mass is 35.5. The van der Waals surface area contributed by atoms with Crippen molar-refractivity contribution in [2.75, 3.05) is 0 Å². The van der Waals surface area contributed by atoms with E-state index in [4.69, 9.17) is 11.6 Å². The Balaban J connectivity index is 1.26. The number of amides is 1. The first-order valence-electron chi connectivity index (χ1n) is 12.2. The molecule has 0 saturated carbocycles. The van der Waals surface area contributed by atoms with Crippen LogP contribution in [-0.2, 0) is 36.9 Å². The Bertz CT molecular complexity index is 1530. The summed E-state index contributed by atoms with van der Waals surface area (Å²) in [7, 11) is 0. The van der Waals surface area contributed by atoms with E-state index in [1.54, 1.807) is 11.3 Å². The molecule has 0 bridgehead atoms. The summed E-state index contributed by atoms with van der Waals surface area (Å²) in [6.45, 7) is 2.62. The van der Waals surface area contributed by atoms with E-state index in [1.807, 2.05) is 31.2 Å². The van der Waals surface area contributed by atoms with Crippen LogP contribution >= 0.6 is 22.9 Å². The molecular formula is C27H23ClF3N5OS. The summed E-state index contributed by atoms with van der Waals surface area (Å²) < 4.78 is 40.6. The van der Waals surface area contributed by atoms with Gasteiger partial charge in [-0.3, -0.25) is 14.7 Å². The van der Waals surface area contributed by atoms with Gasteiger partial charge in [0, 0.05) is 27.9 Å². The third kappa shape index (κ3) is 4.40. The fourth-order valence-corrected chi connectivity index (χ4v) is 7.05. The number of nitrogens with one attached hydrogen (secondary N) is 2. The van der Waals surface area contributed by atoms with Gasteiger partial charge in [0.15, 0.2) is 5.82 Å². The van der Waals surface area contributed by atoms with Crippen LogP contribution in [0.5, 0.6) is 0 Å². The number of rotatable bonds is 4. The molecule has 38 heavy (non-hydrogen) atoms. The number of carbonyl (C=O) groups is 1. The number of hydrogen-bond donors (Lipinski definition) is 2. The normalized spacial score (nSPS) is 18.4. The molecule has 1 aliphatic carbocycles. The number of fused-ring (bicyclic) bond motifs is 5. The molecule has 1 aliphatic heterocycles. The molecule has 0 fully saturated rings. The summed E-state index contributed by atoms with van der Waals surface area (Å²) in [5, 5.41) is 16.9. The lowest BCUT2D eigenvalue weighted by Crippen LogP contribution is -2.31. The molecule has 11 heteroatoms. The van der Waals surface area contributed by atoms with E-state index < -0.39 is 11.7 Å². The van der Waals surface area contributed by atoms with Gasteiger partial charge < -0.3 is 5.32 Å². The molecule has 0 radical (unpaired) electrons. The fourth-order valence-electron chi connectivity index (χ4n) is 5.29. The molecule has 6 nitrogen and oxygen atoms in total. The van der Waals surface area contributed by atoms with Gasteiger partial charge in [0.1, 0.15) is 10.8 Å². The van der Waals surface area contributed by atoms with E-state index in [0.29, 0.717) is 30.0 Å². The minimum atomic E-state index is -4.39. The second-order valence-electron chi connectivity index (χ2n) is 9.57. The van der Waals surface area contributed by atoms with Crippen molar-refractivity contribution in [3.05, 3.63) is 97.9 Å². The molecule has 0 spiro atoms. The summed E-state index contributed by atoms with van der Waals surface area (Å²) in [5.41, 5.74) is 3.10. The minimum absolute atomic E-state index is 0.112. The van der Waals surface area contributed by atoms with Crippen LogP contribution in [0.4, 0.5) is 13.2 Å². The average Bonchev–Trinajstić information content (AvgIpc) is 3.53. The summed E-state index contributed by atoms with van der Waals surface area (Å²) in [5.74, 6) is 1.25. The van der Waals surface area contributed by atoms with Gasteiger partial charge in [-0.15, -0.1) is 21.5 Å². The molecule has 1 amide bonds. The van der Waals surface area contributed by atoms with Gasteiger partial charge in [0.25, 0.3) is 0 Å². The van der Waals surface area contributed by atoms with Crippen LogP contribution in [0.2, 0.25) is 5.02 Å². The molecule has 2 aromatic heterocycles. The monoisotopic (exact) mass is 557 g/mol. The third-order valence-electron chi connectivity index (χ3n) is 7.18. The molecule has 3 heterocycles. The van der Waals surface area contributed by atoms with Crippen molar-refractivity contribution in [2.24, 2.45) is 5.92 Å². The predicted molar refractivity (Wildman–Crippen MR) is 138 cm³/mol. The Morgan fingerprint density at radius 2 is 1.92 bits per heavy atom. The standard InChI is InChI=1S/C27H23ClF3N5OS/c1-14-34-35-22-13-32-24(18-4-2-3-5-20(18)28)23-19-10-16(11-21(19)38-26(23)36(14)22)25(37)33-12-15-6-8-17(9-7-15)27(29,30)31/h2-9,16,24,32H,10-13H2,1H3,(H,33,37)/t16-,24-/m0/s1. The molecule has 2 N–H and O–H groups in total. The third-order valence-corrected chi connectivity index (χ3v) is 8.78. The van der Waals surface area contributed by atoms with Crippen molar-refractivity contribution in [1.82, 2.24) is 25.4 Å². The van der Waals surface area contributed by atoms with Gasteiger partial charge in [-0.25, -0.2) is 0 Å². The van der Waals surface area contributed by atoms with Crippen molar-refractivity contribution in [1.29, 1.82) is 0 Å². The van der Waals surface area contributed by atoms with E-state index >= 15 is 0 Å². The van der Waals surface area contributed by atoms with Crippen LogP contribution in [0.3, 0.4) is 0 Å². The van der Waals surface area contributed by atoms with Crippen molar-refractivity contribution < 1.29 is 18.0 Å². The number of thiophene rings is 1. The van der Waals surface area contributed by atoms with E-state index in [2.05, 4.69) is 25.4 Å². The number of aryl methyl sites for hydroxylation is 1. The fraction of sp³-hybridized carbons (Fsp3) is 0.296. The molecule has 6 rings (SSSR count). The lowest BCUT2D eigenvalue weighted by Gasteiger charge is -2.20. The van der Waals surface area contributed by atoms with Gasteiger partial charge in [-0.1, -0.05) is 41.9 Å². The summed E-state index contributed by atoms with van der Waals surface area (Å²) in [6.07, 6.45) is -3.22. The highest BCUT2D eigenvalue weighted by Crippen LogP contribution is 2.47. The van der Waals surface area contributed by atoms with Gasteiger partial charge in [0.2, 0.25) is 5.91 Å². The Morgan fingerprint density at radius 1 is 1.16 bits per heavy atom. The van der Waals surface area contributed by atoms with Crippen LogP contribution in [0, 0.1) is 12.8 Å². The zero-order valence-corrected chi connectivity index (χ0v) is 21.8. The maximum Gasteiger partial charge on any atom is 0.416 e. The zero-order valence-electron chi connectivity index (χ0n) is 20.3. The minimum Gasteiger partial charge on any atom is -0.352 e. The average molecular weight is 558 g/mol. The molecule has 0 saturated heterocycles. The van der Waals surface area contributed by atoms with Gasteiger partial charge in [-0.2, -0.15) is 13.2 Å². The smallest absolute Gasteiger partial charge is 0.352 e. The predicted octanol–water partition coefficient (Wildman–Crippen LogP) is 5.53. The number of hydrogen-bond acceptors (Lipinski definition) is 5. The Labute approximate surface area is 225 Å². The zero-order chi connectivity index (χ0) is 26.6. The number of nitrogens with zero attached hydrogens (tertiary/aromatic N) is 3. The molecule has 2 aliphatic rings. The lowest BCUT2D eigenvalue weighted by molar-refractivity contribution is -0.137. The quantitative estimate of drug-likeness (QED) is 0.346. The topological polar surface area (TPSA) is 71.8 Å². The van der Waals surface area contributed by atoms with E-state index in [-0.39, 0.29) is 24.4 Å². The maximum atomic E-state index is 13.1. The molecule has 2 aromatic carbocycles. The van der Waals surface area contributed by atoms with Crippen LogP contribution in [0.15, 0.2) is 48.5 Å². The van der Waals surface area contributed by atoms with E-state index in [9.17, 15) is 18.0 Å². The number of alkyl halides is 3. The summed E-state index contributed by atoms with van der Waals surface area (Å²) >= 11 is 8.28. The van der Waals surface area contributed by atoms with Crippen molar-refractivity contribution >= 4 is 28.8 Å². The van der Waals surface area contributed by atoms with Crippen molar-refractivity contribution in [3.8, 4) is 5.00 Å². The number of aromatic nitrogens is 3. The van der Waals surface area contributed by atoms with Gasteiger partial charge in [0.05, 0.1) is 18.2 Å². The van der Waals surface area contributed by atoms with Crippen molar-refractivity contribution in [2.45, 2.75) is 45.1 Å². The van der Waals surface area contributed by atoms with Gasteiger partial charge in [-0.05, 0) is 54.7 Å². The second kappa shape index (κ2) is 9.52. The van der Waals surface area contributed by atoms with Crippen LogP contribution in [0.1, 0.15) is 50.4 Å². The molecular weight excluding hydrogens is 535 g/mol. The second-order valence-corrected chi connectivity index (χ2v) is 11.1. The first-order chi connectivity index (χ1) is 18.2.